The number of allylic oxidation sites excluding steroid dienone is 7. The SMILES string of the molecule is C/C=C\C.C=C/C=C(\C=C/C)n1c(C=C)c(C=C)c2c3c4ccccc4n(-c4cc(C)cc(-n5c6ccccc6c6c(C)cc7[nH]cc(CC)c7c65)c4)c3ccc21. The Balaban J connectivity index is 0.00000109. The third-order valence-electron chi connectivity index (χ3n) is 11.3. The number of benzene rings is 5. The topological polar surface area (TPSA) is 30.6 Å². The van der Waals surface area contributed by atoms with Gasteiger partial charge in [-0.1, -0.05) is 93.4 Å². The first-order valence-electron chi connectivity index (χ1n) is 19.9. The summed E-state index contributed by atoms with van der Waals surface area (Å²) in [6, 6.07) is 31.5. The number of nitrogens with zero attached hydrogens (tertiary/aromatic N) is 3. The normalized spacial score (nSPS) is 12.3. The first-order chi connectivity index (χ1) is 27.8. The number of hydrogen-bond donors (Lipinski definition) is 1. The average molecular weight is 743 g/mol. The maximum atomic E-state index is 4.31. The molecule has 0 saturated carbocycles. The molecule has 0 radical (unpaired) electrons. The van der Waals surface area contributed by atoms with Crippen molar-refractivity contribution in [3.8, 4) is 11.4 Å². The smallest absolute Gasteiger partial charge is 0.0640 e. The molecule has 0 aliphatic carbocycles. The monoisotopic (exact) mass is 742 g/mol. The Morgan fingerprint density at radius 2 is 1.32 bits per heavy atom. The molecule has 0 unspecified atom stereocenters. The van der Waals surface area contributed by atoms with Crippen molar-refractivity contribution in [2.75, 3.05) is 0 Å². The molecule has 0 amide bonds. The van der Waals surface area contributed by atoms with E-state index in [1.165, 1.54) is 60.2 Å². The van der Waals surface area contributed by atoms with E-state index in [0.717, 1.165) is 56.7 Å². The summed E-state index contributed by atoms with van der Waals surface area (Å²) in [4.78, 5) is 3.59. The fraction of sp³-hybridized carbons (Fsp3) is 0.132. The molecule has 0 fully saturated rings. The summed E-state index contributed by atoms with van der Waals surface area (Å²) in [5, 5.41) is 7.44. The quantitative estimate of drug-likeness (QED) is 0.119. The maximum Gasteiger partial charge on any atom is 0.0640 e. The van der Waals surface area contributed by atoms with Crippen LogP contribution in [0.25, 0.3) is 94.6 Å². The van der Waals surface area contributed by atoms with Crippen LogP contribution in [0.1, 0.15) is 55.6 Å². The zero-order valence-corrected chi connectivity index (χ0v) is 33.9. The summed E-state index contributed by atoms with van der Waals surface area (Å²) in [5.41, 5.74) is 16.2. The molecule has 0 saturated heterocycles. The van der Waals surface area contributed by atoms with Crippen molar-refractivity contribution in [2.45, 2.75) is 48.0 Å². The number of H-pyrrole nitrogens is 1. The molecule has 5 aromatic carbocycles. The van der Waals surface area contributed by atoms with Crippen molar-refractivity contribution in [1.29, 1.82) is 0 Å². The van der Waals surface area contributed by atoms with Gasteiger partial charge in [0.2, 0.25) is 0 Å². The van der Waals surface area contributed by atoms with Crippen LogP contribution in [0, 0.1) is 13.8 Å². The van der Waals surface area contributed by atoms with E-state index in [9.17, 15) is 0 Å². The highest BCUT2D eigenvalue weighted by Gasteiger charge is 2.24. The van der Waals surface area contributed by atoms with E-state index >= 15 is 0 Å². The molecule has 4 heterocycles. The van der Waals surface area contributed by atoms with Crippen molar-refractivity contribution in [3.63, 3.8) is 0 Å². The van der Waals surface area contributed by atoms with Gasteiger partial charge < -0.3 is 18.7 Å². The fourth-order valence-corrected chi connectivity index (χ4v) is 8.94. The molecular weight excluding hydrogens is 693 g/mol. The Labute approximate surface area is 335 Å². The Hall–Kier alpha value is -6.78. The minimum atomic E-state index is 0.955. The minimum Gasteiger partial charge on any atom is -0.361 e. The van der Waals surface area contributed by atoms with Crippen LogP contribution in [0.2, 0.25) is 0 Å². The molecule has 4 nitrogen and oxygen atoms in total. The van der Waals surface area contributed by atoms with E-state index in [4.69, 9.17) is 0 Å². The van der Waals surface area contributed by atoms with Crippen LogP contribution in [0.15, 0.2) is 147 Å². The molecule has 57 heavy (non-hydrogen) atoms. The summed E-state index contributed by atoms with van der Waals surface area (Å²) in [6.07, 6.45) is 19.1. The number of aryl methyl sites for hydroxylation is 3. The molecule has 0 aliphatic rings. The summed E-state index contributed by atoms with van der Waals surface area (Å²) in [7, 11) is 0. The van der Waals surface area contributed by atoms with Crippen molar-refractivity contribution in [2.24, 2.45) is 0 Å². The predicted molar refractivity (Wildman–Crippen MR) is 251 cm³/mol. The molecule has 0 bridgehead atoms. The molecule has 9 aromatic rings. The Bertz CT molecular complexity index is 3150. The molecule has 4 aromatic heterocycles. The highest BCUT2D eigenvalue weighted by Crippen LogP contribution is 2.44. The number of aromatic amines is 1. The number of para-hydroxylation sites is 2. The summed E-state index contributed by atoms with van der Waals surface area (Å²) in [6.45, 7) is 25.3. The molecule has 0 aliphatic heterocycles. The molecule has 0 spiro atoms. The Morgan fingerprint density at radius 3 is 1.95 bits per heavy atom. The number of nitrogens with one attached hydrogen (secondary N) is 1. The van der Waals surface area contributed by atoms with E-state index in [2.05, 4.69) is 162 Å². The van der Waals surface area contributed by atoms with E-state index < -0.39 is 0 Å². The average Bonchev–Trinajstić information content (AvgIpc) is 3.98. The molecule has 1 N–H and O–H groups in total. The van der Waals surface area contributed by atoms with E-state index in [0.29, 0.717) is 0 Å². The second kappa shape index (κ2) is 15.0. The van der Waals surface area contributed by atoms with E-state index in [1.807, 2.05) is 57.2 Å². The van der Waals surface area contributed by atoms with Crippen molar-refractivity contribution < 1.29 is 0 Å². The van der Waals surface area contributed by atoms with E-state index in [1.54, 1.807) is 0 Å². The highest BCUT2D eigenvalue weighted by molar-refractivity contribution is 6.24. The second-order valence-electron chi connectivity index (χ2n) is 14.6. The maximum absolute atomic E-state index is 4.31. The van der Waals surface area contributed by atoms with Crippen LogP contribution in [0.4, 0.5) is 0 Å². The highest BCUT2D eigenvalue weighted by atomic mass is 15.0. The zero-order chi connectivity index (χ0) is 40.0. The largest absolute Gasteiger partial charge is 0.361 e. The molecule has 282 valence electrons. The molecule has 9 rings (SSSR count). The van der Waals surface area contributed by atoms with Gasteiger partial charge in [-0.05, 0) is 124 Å². The number of hydrogen-bond acceptors (Lipinski definition) is 0. The van der Waals surface area contributed by atoms with E-state index in [-0.39, 0.29) is 0 Å². The van der Waals surface area contributed by atoms with Gasteiger partial charge >= 0.3 is 0 Å². The lowest BCUT2D eigenvalue weighted by molar-refractivity contribution is 1.12. The third-order valence-corrected chi connectivity index (χ3v) is 11.3. The molecule has 4 heteroatoms. The van der Waals surface area contributed by atoms with Gasteiger partial charge in [0.1, 0.15) is 0 Å². The Kier molecular flexibility index (Phi) is 9.81. The van der Waals surface area contributed by atoms with Gasteiger partial charge in [0, 0.05) is 66.7 Å². The second-order valence-corrected chi connectivity index (χ2v) is 14.6. The number of aromatic nitrogens is 4. The lowest BCUT2D eigenvalue weighted by Gasteiger charge is -2.15. The Morgan fingerprint density at radius 1 is 0.667 bits per heavy atom. The van der Waals surface area contributed by atoms with Crippen molar-refractivity contribution >= 4 is 83.3 Å². The lowest BCUT2D eigenvalue weighted by atomic mass is 10.0. The molecular formula is C53H50N4. The van der Waals surface area contributed by atoms with Gasteiger partial charge in [-0.15, -0.1) is 0 Å². The number of fused-ring (bicyclic) bond motifs is 10. The van der Waals surface area contributed by atoms with Gasteiger partial charge in [0.05, 0.1) is 33.3 Å². The van der Waals surface area contributed by atoms with Crippen LogP contribution in [0.5, 0.6) is 0 Å². The van der Waals surface area contributed by atoms with Crippen LogP contribution in [0.3, 0.4) is 0 Å². The van der Waals surface area contributed by atoms with Crippen molar-refractivity contribution in [1.82, 2.24) is 18.7 Å². The number of rotatable bonds is 8. The van der Waals surface area contributed by atoms with Crippen LogP contribution >= 0.6 is 0 Å². The van der Waals surface area contributed by atoms with Crippen LogP contribution in [-0.2, 0) is 6.42 Å². The van der Waals surface area contributed by atoms with Crippen LogP contribution < -0.4 is 0 Å². The van der Waals surface area contributed by atoms with Gasteiger partial charge in [0.15, 0.2) is 0 Å². The van der Waals surface area contributed by atoms with Gasteiger partial charge in [-0.2, -0.15) is 0 Å². The first-order valence-corrected chi connectivity index (χ1v) is 19.9. The molecule has 0 atom stereocenters. The zero-order valence-electron chi connectivity index (χ0n) is 33.9. The summed E-state index contributed by atoms with van der Waals surface area (Å²) in [5.74, 6) is 0. The standard InChI is InChI=1S/C49H42N4.C4H8/c1-8-17-33(18-9-2)51-40(12-5)36(11-4)47-43(51)23-24-44-48(47)38-20-14-15-21-41(38)52(44)34-25-30(6)26-35(28-34)53-42-22-16-13-19-37(42)45-31(7)27-39-46(49(45)53)32(10-3)29-50-39;1-3-4-2/h8-9,11-29,50H,1,4-5,10H2,2-3,6-7H3;3-4H,1-2H3/b18-9-,33-17+;4-3-. The predicted octanol–water partition coefficient (Wildman–Crippen LogP) is 15.0. The summed E-state index contributed by atoms with van der Waals surface area (Å²) < 4.78 is 7.21. The third kappa shape index (κ3) is 5.74. The van der Waals surface area contributed by atoms with Crippen molar-refractivity contribution in [3.05, 3.63) is 175 Å². The lowest BCUT2D eigenvalue weighted by Crippen LogP contribution is -2.00. The van der Waals surface area contributed by atoms with Crippen LogP contribution in [-0.4, -0.2) is 18.7 Å². The summed E-state index contributed by atoms with van der Waals surface area (Å²) >= 11 is 0. The van der Waals surface area contributed by atoms with Gasteiger partial charge in [0.25, 0.3) is 0 Å². The first kappa shape index (κ1) is 37.2. The fourth-order valence-electron chi connectivity index (χ4n) is 8.94. The van der Waals surface area contributed by atoms with Gasteiger partial charge in [-0.25, -0.2) is 0 Å². The van der Waals surface area contributed by atoms with Gasteiger partial charge in [-0.3, -0.25) is 0 Å². The minimum absolute atomic E-state index is 0.955.